The maximum absolute atomic E-state index is 5.30. The lowest BCUT2D eigenvalue weighted by atomic mass is 10.4. The van der Waals surface area contributed by atoms with Gasteiger partial charge in [0.25, 0.3) is 0 Å². The summed E-state index contributed by atoms with van der Waals surface area (Å²) in [5, 5.41) is 1.36. The van der Waals surface area contributed by atoms with Gasteiger partial charge in [0.1, 0.15) is 15.4 Å². The summed E-state index contributed by atoms with van der Waals surface area (Å²) in [6, 6.07) is 10.3. The molecule has 0 spiro atoms. The summed E-state index contributed by atoms with van der Waals surface area (Å²) in [6.07, 6.45) is 0. The molecule has 0 aromatic heterocycles. The Morgan fingerprint density at radius 3 is 2.46 bits per heavy atom. The van der Waals surface area contributed by atoms with E-state index in [0.29, 0.717) is 13.6 Å². The fourth-order valence-corrected chi connectivity index (χ4v) is 2.61. The first-order valence-corrected chi connectivity index (χ1v) is 5.82. The Hall–Kier alpha value is -0.683. The Balaban J connectivity index is 1.90. The lowest BCUT2D eigenvalue weighted by molar-refractivity contribution is -0.268. The molecule has 0 atom stereocenters. The van der Waals surface area contributed by atoms with E-state index < -0.39 is 9.52 Å². The van der Waals surface area contributed by atoms with Gasteiger partial charge in [-0.2, -0.15) is 0 Å². The third-order valence-electron chi connectivity index (χ3n) is 1.92. The van der Waals surface area contributed by atoms with Crippen molar-refractivity contribution in [3.05, 3.63) is 30.3 Å². The molecule has 0 N–H and O–H groups in total. The highest BCUT2D eigenvalue weighted by Crippen LogP contribution is 2.00. The number of rotatable bonds is 2. The van der Waals surface area contributed by atoms with Gasteiger partial charge in [0, 0.05) is 0 Å². The van der Waals surface area contributed by atoms with Gasteiger partial charge >= 0.3 is 0 Å². The maximum atomic E-state index is 5.30. The van der Waals surface area contributed by atoms with Gasteiger partial charge < -0.3 is 14.2 Å². The third-order valence-corrected chi connectivity index (χ3v) is 3.67. The lowest BCUT2D eigenvalue weighted by Crippen LogP contribution is -2.37. The minimum absolute atomic E-state index is 0.0175. The molecule has 1 aliphatic heterocycles. The molecule has 1 saturated heterocycles. The van der Waals surface area contributed by atoms with Crippen molar-refractivity contribution >= 4 is 14.7 Å². The quantitative estimate of drug-likeness (QED) is 0.610. The van der Waals surface area contributed by atoms with Gasteiger partial charge in [0.15, 0.2) is 13.6 Å². The van der Waals surface area contributed by atoms with Gasteiger partial charge in [-0.15, -0.1) is 0 Å². The molecule has 0 radical (unpaired) electrons. The van der Waals surface area contributed by atoms with Gasteiger partial charge in [-0.1, -0.05) is 35.5 Å². The molecule has 3 nitrogen and oxygen atoms in total. The van der Waals surface area contributed by atoms with Gasteiger partial charge in [-0.05, 0) is 0 Å². The summed E-state index contributed by atoms with van der Waals surface area (Å²) in [5.74, 6) is -0.0175. The van der Waals surface area contributed by atoms with Crippen molar-refractivity contribution in [3.63, 3.8) is 0 Å². The third kappa shape index (κ3) is 2.63. The number of hydrogen-bond acceptors (Lipinski definition) is 3. The van der Waals surface area contributed by atoms with Crippen molar-refractivity contribution in [2.75, 3.05) is 13.6 Å². The minimum atomic E-state index is -0.482. The zero-order valence-corrected chi connectivity index (χ0v) is 8.72. The summed E-state index contributed by atoms with van der Waals surface area (Å²) in [4.78, 5) is 0. The van der Waals surface area contributed by atoms with Gasteiger partial charge in [-0.3, -0.25) is 0 Å². The van der Waals surface area contributed by atoms with E-state index in [4.69, 9.17) is 14.2 Å². The van der Waals surface area contributed by atoms with Crippen LogP contribution >= 0.6 is 0 Å². The van der Waals surface area contributed by atoms with Gasteiger partial charge in [-0.25, -0.2) is 0 Å². The summed E-state index contributed by atoms with van der Waals surface area (Å²) >= 11 is 0. The van der Waals surface area contributed by atoms with E-state index in [9.17, 15) is 0 Å². The second-order valence-corrected chi connectivity index (χ2v) is 4.78. The van der Waals surface area contributed by atoms with Crippen LogP contribution in [-0.4, -0.2) is 29.0 Å². The zero-order chi connectivity index (χ0) is 8.93. The molecule has 0 amide bonds. The van der Waals surface area contributed by atoms with Crippen molar-refractivity contribution in [2.24, 2.45) is 0 Å². The molecule has 2 rings (SSSR count). The molecule has 1 aromatic carbocycles. The average molecular weight is 196 g/mol. The van der Waals surface area contributed by atoms with Crippen molar-refractivity contribution < 1.29 is 14.2 Å². The van der Waals surface area contributed by atoms with Crippen molar-refractivity contribution in [3.8, 4) is 0 Å². The highest BCUT2D eigenvalue weighted by Gasteiger charge is 2.14. The second kappa shape index (κ2) is 4.52. The van der Waals surface area contributed by atoms with Crippen LogP contribution in [0.3, 0.4) is 0 Å². The second-order valence-electron chi connectivity index (χ2n) is 2.89. The summed E-state index contributed by atoms with van der Waals surface area (Å²) in [6.45, 7) is 0.731. The van der Waals surface area contributed by atoms with Crippen LogP contribution in [0.1, 0.15) is 0 Å². The van der Waals surface area contributed by atoms with Gasteiger partial charge in [0.2, 0.25) is 0 Å². The van der Waals surface area contributed by atoms with Crippen molar-refractivity contribution in [2.45, 2.75) is 5.91 Å². The smallest absolute Gasteiger partial charge is 0.152 e. The first kappa shape index (κ1) is 8.90. The maximum Gasteiger partial charge on any atom is 0.152 e. The molecular formula is C9H12O3Si. The predicted molar refractivity (Wildman–Crippen MR) is 51.4 cm³/mol. The van der Waals surface area contributed by atoms with E-state index in [1.807, 2.05) is 18.2 Å². The summed E-state index contributed by atoms with van der Waals surface area (Å²) < 4.78 is 15.5. The molecule has 1 aliphatic rings. The van der Waals surface area contributed by atoms with Crippen molar-refractivity contribution in [1.29, 1.82) is 0 Å². The molecule has 1 aromatic rings. The lowest BCUT2D eigenvalue weighted by Gasteiger charge is -2.22. The first-order chi connectivity index (χ1) is 6.45. The van der Waals surface area contributed by atoms with Crippen LogP contribution < -0.4 is 5.19 Å². The highest BCUT2D eigenvalue weighted by atomic mass is 28.2. The monoisotopic (exact) mass is 196 g/mol. The molecule has 4 heteroatoms. The average Bonchev–Trinajstić information content (AvgIpc) is 2.21. The Kier molecular flexibility index (Phi) is 3.10. The normalized spacial score (nSPS) is 19.7. The fourth-order valence-electron chi connectivity index (χ4n) is 1.25. The molecule has 1 fully saturated rings. The van der Waals surface area contributed by atoms with E-state index in [1.54, 1.807) is 0 Å². The molecule has 0 bridgehead atoms. The number of hydrogen-bond donors (Lipinski definition) is 0. The zero-order valence-electron chi connectivity index (χ0n) is 7.31. The van der Waals surface area contributed by atoms with E-state index >= 15 is 0 Å². The minimum Gasteiger partial charge on any atom is -0.330 e. The van der Waals surface area contributed by atoms with Crippen LogP contribution in [0.15, 0.2) is 30.3 Å². The van der Waals surface area contributed by atoms with Crippen LogP contribution in [0.25, 0.3) is 0 Å². The van der Waals surface area contributed by atoms with E-state index in [1.165, 1.54) is 5.19 Å². The summed E-state index contributed by atoms with van der Waals surface area (Å²) in [5.41, 5.74) is 0. The number of ether oxygens (including phenoxy) is 3. The van der Waals surface area contributed by atoms with Crippen LogP contribution in [0.5, 0.6) is 0 Å². The Labute approximate surface area is 79.4 Å². The van der Waals surface area contributed by atoms with E-state index in [2.05, 4.69) is 12.1 Å². The van der Waals surface area contributed by atoms with Crippen LogP contribution in [0, 0.1) is 0 Å². The summed E-state index contributed by atoms with van der Waals surface area (Å²) in [7, 11) is -0.482. The van der Waals surface area contributed by atoms with Crippen LogP contribution in [-0.2, 0) is 14.2 Å². The molecule has 0 aliphatic carbocycles. The molecule has 1 heterocycles. The topological polar surface area (TPSA) is 27.7 Å². The molecule has 13 heavy (non-hydrogen) atoms. The van der Waals surface area contributed by atoms with Crippen LogP contribution in [0.4, 0.5) is 0 Å². The van der Waals surface area contributed by atoms with E-state index in [0.717, 1.165) is 0 Å². The SMILES string of the molecule is c1ccc([SiH2]C2OCOCO2)cc1. The molecule has 70 valence electrons. The fraction of sp³-hybridized carbons (Fsp3) is 0.333. The first-order valence-electron chi connectivity index (χ1n) is 4.30. The number of benzene rings is 1. The Bertz CT molecular complexity index is 246. The highest BCUT2D eigenvalue weighted by molar-refractivity contribution is 6.54. The standard InChI is InChI=1S/C9H12O3Si/c1-2-4-8(5-3-1)13-9-11-6-10-7-12-9/h1-5,9H,6-7,13H2. The Morgan fingerprint density at radius 1 is 1.08 bits per heavy atom. The molecule has 0 unspecified atom stereocenters. The van der Waals surface area contributed by atoms with Crippen LogP contribution in [0.2, 0.25) is 0 Å². The molecular weight excluding hydrogens is 184 g/mol. The molecule has 0 saturated carbocycles. The largest absolute Gasteiger partial charge is 0.330 e. The van der Waals surface area contributed by atoms with Gasteiger partial charge in [0.05, 0.1) is 0 Å². The van der Waals surface area contributed by atoms with Crippen molar-refractivity contribution in [1.82, 2.24) is 0 Å². The van der Waals surface area contributed by atoms with E-state index in [-0.39, 0.29) is 5.91 Å². The predicted octanol–water partition coefficient (Wildman–Crippen LogP) is -0.257. The Morgan fingerprint density at radius 2 is 1.77 bits per heavy atom.